The molecule has 0 atom stereocenters. The Bertz CT molecular complexity index is 669. The Kier molecular flexibility index (Phi) is 10.1. The standard InChI is InChI=1S/C19H25NO8/c1-4-25-17(22)10-20(11-18(23)26-5-2)15-8-7-14(12-21)9-16(15)28-13-19(24)27-6-3/h7-9,12H,4-6,10-11,13H2,1-3H3. The van der Waals surface area contributed by atoms with Crippen LogP contribution in [0.3, 0.4) is 0 Å². The molecule has 0 amide bonds. The molecule has 28 heavy (non-hydrogen) atoms. The third kappa shape index (κ3) is 7.65. The molecule has 0 bridgehead atoms. The Morgan fingerprint density at radius 2 is 1.43 bits per heavy atom. The molecule has 0 aliphatic heterocycles. The Hall–Kier alpha value is -3.10. The van der Waals surface area contributed by atoms with E-state index in [1.807, 2.05) is 0 Å². The number of carbonyl (C=O) groups is 4. The fraction of sp³-hybridized carbons (Fsp3) is 0.474. The van der Waals surface area contributed by atoms with E-state index in [-0.39, 0.29) is 38.7 Å². The predicted octanol–water partition coefficient (Wildman–Crippen LogP) is 1.37. The van der Waals surface area contributed by atoms with Gasteiger partial charge in [-0.3, -0.25) is 14.4 Å². The SMILES string of the molecule is CCOC(=O)COc1cc(C=O)ccc1N(CC(=O)OCC)CC(=O)OCC. The molecule has 0 saturated heterocycles. The fourth-order valence-corrected chi connectivity index (χ4v) is 2.27. The summed E-state index contributed by atoms with van der Waals surface area (Å²) in [5.41, 5.74) is 0.630. The van der Waals surface area contributed by atoms with Gasteiger partial charge in [-0.25, -0.2) is 4.79 Å². The highest BCUT2D eigenvalue weighted by Crippen LogP contribution is 2.29. The van der Waals surface area contributed by atoms with Crippen molar-refractivity contribution >= 4 is 29.9 Å². The van der Waals surface area contributed by atoms with Gasteiger partial charge >= 0.3 is 17.9 Å². The molecule has 0 spiro atoms. The number of nitrogens with zero attached hydrogens (tertiary/aromatic N) is 1. The van der Waals surface area contributed by atoms with Gasteiger partial charge in [0.25, 0.3) is 0 Å². The van der Waals surface area contributed by atoms with Crippen molar-refractivity contribution in [2.24, 2.45) is 0 Å². The van der Waals surface area contributed by atoms with Crippen LogP contribution in [0.1, 0.15) is 31.1 Å². The highest BCUT2D eigenvalue weighted by molar-refractivity contribution is 5.84. The zero-order valence-corrected chi connectivity index (χ0v) is 16.3. The molecule has 1 aromatic rings. The summed E-state index contributed by atoms with van der Waals surface area (Å²) in [5, 5.41) is 0. The van der Waals surface area contributed by atoms with E-state index in [0.29, 0.717) is 17.5 Å². The first-order valence-corrected chi connectivity index (χ1v) is 8.88. The van der Waals surface area contributed by atoms with Crippen molar-refractivity contribution in [3.05, 3.63) is 23.8 Å². The quantitative estimate of drug-likeness (QED) is 0.294. The second-order valence-corrected chi connectivity index (χ2v) is 5.40. The zero-order valence-electron chi connectivity index (χ0n) is 16.3. The van der Waals surface area contributed by atoms with Crippen molar-refractivity contribution in [3.63, 3.8) is 0 Å². The van der Waals surface area contributed by atoms with Gasteiger partial charge in [0, 0.05) is 5.56 Å². The van der Waals surface area contributed by atoms with Gasteiger partial charge in [0.15, 0.2) is 6.61 Å². The molecule has 0 heterocycles. The average molecular weight is 395 g/mol. The number of rotatable bonds is 12. The van der Waals surface area contributed by atoms with Crippen LogP contribution in [-0.2, 0) is 28.6 Å². The van der Waals surface area contributed by atoms with Crippen molar-refractivity contribution in [1.82, 2.24) is 0 Å². The lowest BCUT2D eigenvalue weighted by atomic mass is 10.2. The van der Waals surface area contributed by atoms with Crippen molar-refractivity contribution in [2.75, 3.05) is 44.4 Å². The first-order valence-electron chi connectivity index (χ1n) is 8.88. The van der Waals surface area contributed by atoms with E-state index >= 15 is 0 Å². The van der Waals surface area contributed by atoms with Crippen LogP contribution in [0, 0.1) is 0 Å². The summed E-state index contributed by atoms with van der Waals surface area (Å²) in [5.74, 6) is -1.55. The van der Waals surface area contributed by atoms with Gasteiger partial charge < -0.3 is 23.8 Å². The van der Waals surface area contributed by atoms with Gasteiger partial charge in [0.05, 0.1) is 25.5 Å². The lowest BCUT2D eigenvalue weighted by molar-refractivity contribution is -0.146. The molecule has 1 rings (SSSR count). The summed E-state index contributed by atoms with van der Waals surface area (Å²) >= 11 is 0. The Morgan fingerprint density at radius 3 is 1.93 bits per heavy atom. The topological polar surface area (TPSA) is 108 Å². The van der Waals surface area contributed by atoms with Crippen LogP contribution >= 0.6 is 0 Å². The van der Waals surface area contributed by atoms with Crippen LogP contribution in [0.25, 0.3) is 0 Å². The van der Waals surface area contributed by atoms with Crippen LogP contribution in [0.15, 0.2) is 18.2 Å². The number of hydrogen-bond donors (Lipinski definition) is 0. The number of benzene rings is 1. The number of esters is 3. The van der Waals surface area contributed by atoms with E-state index in [1.54, 1.807) is 20.8 Å². The highest BCUT2D eigenvalue weighted by atomic mass is 16.6. The predicted molar refractivity (Wildman–Crippen MR) is 99.4 cm³/mol. The molecule has 1 aromatic carbocycles. The maximum Gasteiger partial charge on any atom is 0.344 e. The molecule has 0 aliphatic carbocycles. The molecular weight excluding hydrogens is 370 g/mol. The van der Waals surface area contributed by atoms with Gasteiger partial charge in [-0.15, -0.1) is 0 Å². The normalized spacial score (nSPS) is 9.96. The number of ether oxygens (including phenoxy) is 4. The maximum absolute atomic E-state index is 12.0. The van der Waals surface area contributed by atoms with Crippen LogP contribution in [0.2, 0.25) is 0 Å². The molecular formula is C19H25NO8. The Morgan fingerprint density at radius 1 is 0.893 bits per heavy atom. The second kappa shape index (κ2) is 12.3. The number of anilines is 1. The molecule has 0 unspecified atom stereocenters. The van der Waals surface area contributed by atoms with Gasteiger partial charge in [-0.2, -0.15) is 0 Å². The minimum atomic E-state index is -0.590. The van der Waals surface area contributed by atoms with Crippen molar-refractivity contribution < 1.29 is 38.1 Å². The smallest absolute Gasteiger partial charge is 0.344 e. The zero-order chi connectivity index (χ0) is 20.9. The third-order valence-corrected chi connectivity index (χ3v) is 3.36. The third-order valence-electron chi connectivity index (χ3n) is 3.36. The number of carbonyl (C=O) groups excluding carboxylic acids is 4. The highest BCUT2D eigenvalue weighted by Gasteiger charge is 2.21. The van der Waals surface area contributed by atoms with Crippen molar-refractivity contribution in [3.8, 4) is 5.75 Å². The van der Waals surface area contributed by atoms with E-state index in [0.717, 1.165) is 0 Å². The van der Waals surface area contributed by atoms with E-state index in [1.165, 1.54) is 23.1 Å². The molecule has 0 saturated carbocycles. The fourth-order valence-electron chi connectivity index (χ4n) is 2.27. The van der Waals surface area contributed by atoms with Gasteiger partial charge in [-0.1, -0.05) is 0 Å². The first kappa shape index (κ1) is 22.9. The summed E-state index contributed by atoms with van der Waals surface area (Å²) in [6.07, 6.45) is 0.613. The number of aldehydes is 1. The molecule has 9 nitrogen and oxygen atoms in total. The van der Waals surface area contributed by atoms with Gasteiger partial charge in [-0.05, 0) is 39.0 Å². The summed E-state index contributed by atoms with van der Waals surface area (Å²) in [6.45, 7) is 4.67. The molecule has 0 aliphatic rings. The monoisotopic (exact) mass is 395 g/mol. The van der Waals surface area contributed by atoms with E-state index in [4.69, 9.17) is 18.9 Å². The second-order valence-electron chi connectivity index (χ2n) is 5.40. The lowest BCUT2D eigenvalue weighted by Crippen LogP contribution is -2.36. The van der Waals surface area contributed by atoms with Crippen LogP contribution in [0.4, 0.5) is 5.69 Å². The average Bonchev–Trinajstić information content (AvgIpc) is 2.66. The first-order chi connectivity index (χ1) is 13.4. The molecule has 0 fully saturated rings. The number of hydrogen-bond acceptors (Lipinski definition) is 9. The maximum atomic E-state index is 12.0. The van der Waals surface area contributed by atoms with E-state index in [9.17, 15) is 19.2 Å². The van der Waals surface area contributed by atoms with Crippen LogP contribution in [0.5, 0.6) is 5.75 Å². The van der Waals surface area contributed by atoms with Crippen molar-refractivity contribution in [1.29, 1.82) is 0 Å². The van der Waals surface area contributed by atoms with E-state index in [2.05, 4.69) is 0 Å². The summed E-state index contributed by atoms with van der Waals surface area (Å²) in [7, 11) is 0. The van der Waals surface area contributed by atoms with Crippen LogP contribution in [-0.4, -0.2) is 63.7 Å². The summed E-state index contributed by atoms with van der Waals surface area (Å²) < 4.78 is 20.2. The molecule has 0 N–H and O–H groups in total. The molecule has 9 heteroatoms. The Balaban J connectivity index is 3.16. The van der Waals surface area contributed by atoms with Crippen molar-refractivity contribution in [2.45, 2.75) is 20.8 Å². The molecule has 154 valence electrons. The lowest BCUT2D eigenvalue weighted by Gasteiger charge is -2.25. The largest absolute Gasteiger partial charge is 0.480 e. The Labute approximate surface area is 163 Å². The van der Waals surface area contributed by atoms with Gasteiger partial charge in [0.2, 0.25) is 0 Å². The summed E-state index contributed by atoms with van der Waals surface area (Å²) in [4.78, 5) is 48.0. The minimum absolute atomic E-state index is 0.145. The molecule has 0 aromatic heterocycles. The van der Waals surface area contributed by atoms with Gasteiger partial charge in [0.1, 0.15) is 25.1 Å². The molecule has 0 radical (unpaired) electrons. The summed E-state index contributed by atoms with van der Waals surface area (Å²) in [6, 6.07) is 4.43. The minimum Gasteiger partial charge on any atom is -0.480 e. The van der Waals surface area contributed by atoms with Crippen LogP contribution < -0.4 is 9.64 Å². The van der Waals surface area contributed by atoms with E-state index < -0.39 is 24.5 Å².